The van der Waals surface area contributed by atoms with Gasteiger partial charge in [0.1, 0.15) is 39.8 Å². The average molecular weight is 527 g/mol. The highest BCUT2D eigenvalue weighted by atomic mass is 19.1. The fourth-order valence-electron chi connectivity index (χ4n) is 4.60. The number of methoxy groups -OCH3 is 1. The second-order valence-electron chi connectivity index (χ2n) is 10.7. The van der Waals surface area contributed by atoms with Gasteiger partial charge in [0.25, 0.3) is 0 Å². The molecule has 38 heavy (non-hydrogen) atoms. The topological polar surface area (TPSA) is 131 Å². The van der Waals surface area contributed by atoms with Gasteiger partial charge in [-0.3, -0.25) is 0 Å². The first-order valence-corrected chi connectivity index (χ1v) is 12.7. The highest BCUT2D eigenvalue weighted by Crippen LogP contribution is 2.43. The second kappa shape index (κ2) is 9.73. The van der Waals surface area contributed by atoms with E-state index < -0.39 is 23.5 Å². The molecular weight excluding hydrogens is 495 g/mol. The number of halogens is 1. The molecule has 11 nitrogen and oxygen atoms in total. The van der Waals surface area contributed by atoms with Crippen LogP contribution in [-0.4, -0.2) is 73.5 Å². The Morgan fingerprint density at radius 3 is 2.63 bits per heavy atom. The van der Waals surface area contributed by atoms with E-state index in [9.17, 15) is 14.7 Å². The number of ether oxygens (including phenoxy) is 2. The second-order valence-corrected chi connectivity index (χ2v) is 10.7. The lowest BCUT2D eigenvalue weighted by molar-refractivity contribution is 0.0205. The summed E-state index contributed by atoms with van der Waals surface area (Å²) >= 11 is 0. The van der Waals surface area contributed by atoms with E-state index in [1.807, 2.05) is 0 Å². The summed E-state index contributed by atoms with van der Waals surface area (Å²) in [5.41, 5.74) is 0.504. The Kier molecular flexibility index (Phi) is 6.58. The van der Waals surface area contributed by atoms with Crippen molar-refractivity contribution >= 4 is 23.5 Å². The number of carboxylic acids is 1. The van der Waals surface area contributed by atoms with Crippen LogP contribution in [0.1, 0.15) is 68.4 Å². The minimum Gasteiger partial charge on any atom is -0.495 e. The third-order valence-electron chi connectivity index (χ3n) is 6.53. The molecule has 0 radical (unpaired) electrons. The van der Waals surface area contributed by atoms with Crippen molar-refractivity contribution < 1.29 is 28.6 Å². The van der Waals surface area contributed by atoms with E-state index in [4.69, 9.17) is 9.47 Å². The molecule has 1 saturated heterocycles. The molecule has 5 rings (SSSR count). The quantitative estimate of drug-likeness (QED) is 0.482. The van der Waals surface area contributed by atoms with Gasteiger partial charge >= 0.3 is 12.1 Å². The first kappa shape index (κ1) is 25.7. The summed E-state index contributed by atoms with van der Waals surface area (Å²) in [6.07, 6.45) is 4.38. The Labute approximate surface area is 219 Å². The fraction of sp³-hybridized carbons (Fsp3) is 0.500. The van der Waals surface area contributed by atoms with E-state index >= 15 is 4.39 Å². The summed E-state index contributed by atoms with van der Waals surface area (Å²) < 4.78 is 27.8. The number of rotatable bonds is 6. The number of anilines is 1. The number of hydrogen-bond donors (Lipinski definition) is 2. The lowest BCUT2D eigenvalue weighted by atomic mass is 10.1. The van der Waals surface area contributed by atoms with E-state index in [1.165, 1.54) is 10.7 Å². The normalized spacial score (nSPS) is 17.9. The van der Waals surface area contributed by atoms with Gasteiger partial charge in [-0.25, -0.2) is 28.5 Å². The first-order chi connectivity index (χ1) is 18.0. The van der Waals surface area contributed by atoms with E-state index in [0.29, 0.717) is 43.0 Å². The van der Waals surface area contributed by atoms with Gasteiger partial charge in [0.15, 0.2) is 11.5 Å². The molecule has 3 aromatic heterocycles. The van der Waals surface area contributed by atoms with Crippen LogP contribution in [0.2, 0.25) is 0 Å². The molecule has 12 heteroatoms. The van der Waals surface area contributed by atoms with Crippen molar-refractivity contribution in [2.75, 3.05) is 25.5 Å². The largest absolute Gasteiger partial charge is 0.495 e. The van der Waals surface area contributed by atoms with Crippen LogP contribution in [0.15, 0.2) is 18.3 Å². The molecule has 202 valence electrons. The first-order valence-electron chi connectivity index (χ1n) is 12.7. The van der Waals surface area contributed by atoms with Gasteiger partial charge in [-0.05, 0) is 52.5 Å². The lowest BCUT2D eigenvalue weighted by Gasteiger charge is -2.34. The van der Waals surface area contributed by atoms with Gasteiger partial charge in [0.05, 0.1) is 13.3 Å². The molecule has 1 atom stereocenters. The zero-order chi connectivity index (χ0) is 27.2. The Balaban J connectivity index is 1.48. The molecule has 2 aliphatic rings. The average Bonchev–Trinajstić information content (AvgIpc) is 3.63. The molecule has 0 spiro atoms. The number of likely N-dealkylation sites (tertiary alicyclic amines) is 1. The van der Waals surface area contributed by atoms with Crippen molar-refractivity contribution in [3.8, 4) is 17.1 Å². The maximum absolute atomic E-state index is 15.3. The summed E-state index contributed by atoms with van der Waals surface area (Å²) in [7, 11) is 1.57. The van der Waals surface area contributed by atoms with Gasteiger partial charge in [0.2, 0.25) is 0 Å². The van der Waals surface area contributed by atoms with Crippen LogP contribution in [0.4, 0.5) is 15.0 Å². The molecule has 3 aromatic rings. The number of aromatic carboxylic acids is 1. The number of imidazole rings is 1. The molecule has 4 heterocycles. The molecule has 0 unspecified atom stereocenters. The molecule has 0 aromatic carbocycles. The van der Waals surface area contributed by atoms with Crippen molar-refractivity contribution in [2.24, 2.45) is 0 Å². The Bertz CT molecular complexity index is 1400. The van der Waals surface area contributed by atoms with Gasteiger partial charge in [0, 0.05) is 31.1 Å². The SMILES string of the molecule is COc1cc2ncc(-c3nc(N[C@@H]4CCCN(C(=O)OC(C)(C)C)C4)c(C(=O)O)cc3F)n2nc1C1CC1. The highest BCUT2D eigenvalue weighted by molar-refractivity contribution is 5.94. The predicted molar refractivity (Wildman–Crippen MR) is 136 cm³/mol. The number of carbonyl (C=O) groups excluding carboxylic acids is 1. The third kappa shape index (κ3) is 5.20. The number of hydrogen-bond acceptors (Lipinski definition) is 8. The molecule has 1 aliphatic carbocycles. The van der Waals surface area contributed by atoms with E-state index in [0.717, 1.165) is 24.6 Å². The van der Waals surface area contributed by atoms with Crippen molar-refractivity contribution in [3.05, 3.63) is 35.4 Å². The fourth-order valence-corrected chi connectivity index (χ4v) is 4.60. The molecule has 1 saturated carbocycles. The van der Waals surface area contributed by atoms with Crippen LogP contribution < -0.4 is 10.1 Å². The molecule has 1 aliphatic heterocycles. The van der Waals surface area contributed by atoms with Crippen LogP contribution in [0.25, 0.3) is 17.0 Å². The lowest BCUT2D eigenvalue weighted by Crippen LogP contribution is -2.47. The van der Waals surface area contributed by atoms with Gasteiger partial charge in [-0.1, -0.05) is 0 Å². The summed E-state index contributed by atoms with van der Waals surface area (Å²) in [5.74, 6) is -1.22. The number of piperidine rings is 1. The smallest absolute Gasteiger partial charge is 0.410 e. The zero-order valence-corrected chi connectivity index (χ0v) is 21.8. The monoisotopic (exact) mass is 526 g/mol. The maximum atomic E-state index is 15.3. The van der Waals surface area contributed by atoms with Crippen LogP contribution >= 0.6 is 0 Å². The molecule has 1 amide bonds. The Morgan fingerprint density at radius 2 is 1.97 bits per heavy atom. The van der Waals surface area contributed by atoms with Crippen molar-refractivity contribution in [1.82, 2.24) is 24.5 Å². The van der Waals surface area contributed by atoms with Crippen molar-refractivity contribution in [3.63, 3.8) is 0 Å². The third-order valence-corrected chi connectivity index (χ3v) is 6.53. The number of amides is 1. The number of carbonyl (C=O) groups is 2. The number of pyridine rings is 1. The summed E-state index contributed by atoms with van der Waals surface area (Å²) in [5, 5.41) is 17.6. The summed E-state index contributed by atoms with van der Waals surface area (Å²) in [6.45, 7) is 6.22. The summed E-state index contributed by atoms with van der Waals surface area (Å²) in [4.78, 5) is 34.9. The van der Waals surface area contributed by atoms with Crippen LogP contribution in [0, 0.1) is 5.82 Å². The standard InChI is InChI=1S/C26H31FN6O5/c1-26(2,3)38-25(36)32-9-5-6-15(13-32)29-23-16(24(34)35)10-17(27)22(30-23)18-12-28-20-11-19(37-4)21(14-7-8-14)31-33(18)20/h10-12,14-15H,5-9,13H2,1-4H3,(H,29,30)(H,34,35)/t15-/m1/s1. The number of aromatic nitrogens is 4. The number of carboxylic acid groups (broad SMARTS) is 1. The zero-order valence-electron chi connectivity index (χ0n) is 21.8. The Morgan fingerprint density at radius 1 is 1.21 bits per heavy atom. The van der Waals surface area contributed by atoms with Crippen molar-refractivity contribution in [1.29, 1.82) is 0 Å². The van der Waals surface area contributed by atoms with Crippen LogP contribution in [-0.2, 0) is 4.74 Å². The van der Waals surface area contributed by atoms with E-state index in [1.54, 1.807) is 38.8 Å². The van der Waals surface area contributed by atoms with Crippen LogP contribution in [0.5, 0.6) is 5.75 Å². The molecule has 0 bridgehead atoms. The number of nitrogens with zero attached hydrogens (tertiary/aromatic N) is 5. The molecule has 2 N–H and O–H groups in total. The summed E-state index contributed by atoms with van der Waals surface area (Å²) in [6, 6.07) is 2.40. The van der Waals surface area contributed by atoms with E-state index in [2.05, 4.69) is 20.4 Å². The van der Waals surface area contributed by atoms with Gasteiger partial charge in [-0.15, -0.1) is 0 Å². The minimum atomic E-state index is -1.32. The predicted octanol–water partition coefficient (Wildman–Crippen LogP) is 4.33. The van der Waals surface area contributed by atoms with Gasteiger partial charge < -0.3 is 24.8 Å². The van der Waals surface area contributed by atoms with Crippen molar-refractivity contribution in [2.45, 2.75) is 64.0 Å². The molecular formula is C26H31FN6O5. The molecule has 2 fully saturated rings. The number of fused-ring (bicyclic) bond motifs is 1. The highest BCUT2D eigenvalue weighted by Gasteiger charge is 2.31. The van der Waals surface area contributed by atoms with Gasteiger partial charge in [-0.2, -0.15) is 5.10 Å². The van der Waals surface area contributed by atoms with E-state index in [-0.39, 0.29) is 29.0 Å². The Hall–Kier alpha value is -3.96. The number of nitrogens with one attached hydrogen (secondary N) is 1. The minimum absolute atomic E-state index is 0.0100. The maximum Gasteiger partial charge on any atom is 0.410 e. The van der Waals surface area contributed by atoms with Crippen LogP contribution in [0.3, 0.4) is 0 Å².